The molecule has 0 bridgehead atoms. The molecule has 1 aromatic heterocycles. The summed E-state index contributed by atoms with van der Waals surface area (Å²) < 4.78 is 2.36. The van der Waals surface area contributed by atoms with Gasteiger partial charge in [-0.05, 0) is 128 Å². The first-order valence-electron chi connectivity index (χ1n) is 22.0. The van der Waals surface area contributed by atoms with Gasteiger partial charge in [0.2, 0.25) is 0 Å². The molecule has 1 atom stereocenters. The van der Waals surface area contributed by atoms with Gasteiger partial charge in [-0.15, -0.1) is 0 Å². The summed E-state index contributed by atoms with van der Waals surface area (Å²) in [6.45, 7) is 0. The van der Waals surface area contributed by atoms with E-state index in [0.717, 1.165) is 29.2 Å². The summed E-state index contributed by atoms with van der Waals surface area (Å²) in [5.41, 5.74) is 16.4. The molecule has 0 radical (unpaired) electrons. The van der Waals surface area contributed by atoms with E-state index in [1.165, 1.54) is 71.7 Å². The third kappa shape index (κ3) is 6.09. The molecule has 2 nitrogen and oxygen atoms in total. The molecular weight excluding hydrogens is 761 g/mol. The third-order valence-corrected chi connectivity index (χ3v) is 13.4. The first-order chi connectivity index (χ1) is 31.2. The van der Waals surface area contributed by atoms with Crippen LogP contribution in [0.5, 0.6) is 0 Å². The van der Waals surface area contributed by atoms with Crippen molar-refractivity contribution in [2.45, 2.75) is 17.8 Å². The summed E-state index contributed by atoms with van der Waals surface area (Å²) in [5.74, 6) is 0.382. The number of rotatable bonds is 8. The molecule has 9 aromatic carbocycles. The highest BCUT2D eigenvalue weighted by Gasteiger charge is 2.46. The van der Waals surface area contributed by atoms with E-state index in [4.69, 9.17) is 0 Å². The minimum absolute atomic E-state index is 0.382. The van der Waals surface area contributed by atoms with Crippen molar-refractivity contribution in [2.24, 2.45) is 0 Å². The van der Waals surface area contributed by atoms with E-state index in [0.29, 0.717) is 5.92 Å². The Labute approximate surface area is 369 Å². The fourth-order valence-corrected chi connectivity index (χ4v) is 10.5. The zero-order valence-electron chi connectivity index (χ0n) is 34.9. The SMILES string of the molecule is C1=CCC(c2ccc(N(c3ccc(-c4ccccc4)cc3)c3ccc4c(c3)C(c3ccccc3)(c3ccccc3)c3cc(-n5ccc6c7ccccc7ccc65)ccc3-4)cc2)C=C1. The number of anilines is 3. The number of fused-ring (bicyclic) bond motifs is 6. The fraction of sp³-hybridized carbons (Fsp3) is 0.0492. The molecule has 0 saturated carbocycles. The maximum atomic E-state index is 2.47. The Morgan fingerprint density at radius 3 is 1.76 bits per heavy atom. The van der Waals surface area contributed by atoms with Crippen LogP contribution in [0.25, 0.3) is 49.6 Å². The number of hydrogen-bond acceptors (Lipinski definition) is 1. The van der Waals surface area contributed by atoms with E-state index in [-0.39, 0.29) is 0 Å². The van der Waals surface area contributed by atoms with E-state index in [9.17, 15) is 0 Å². The first-order valence-corrected chi connectivity index (χ1v) is 22.0. The van der Waals surface area contributed by atoms with Crippen LogP contribution in [0.3, 0.4) is 0 Å². The largest absolute Gasteiger partial charge is 0.317 e. The summed E-state index contributed by atoms with van der Waals surface area (Å²) in [6.07, 6.45) is 12.1. The summed E-state index contributed by atoms with van der Waals surface area (Å²) >= 11 is 0. The zero-order valence-corrected chi connectivity index (χ0v) is 34.9. The van der Waals surface area contributed by atoms with Crippen molar-refractivity contribution >= 4 is 38.7 Å². The van der Waals surface area contributed by atoms with Crippen LogP contribution in [-0.4, -0.2) is 4.57 Å². The molecule has 0 spiro atoms. The fourth-order valence-electron chi connectivity index (χ4n) is 10.5. The number of aromatic nitrogens is 1. The van der Waals surface area contributed by atoms with Gasteiger partial charge in [0.15, 0.2) is 0 Å². The van der Waals surface area contributed by atoms with Gasteiger partial charge in [0, 0.05) is 40.3 Å². The molecule has 0 amide bonds. The Kier molecular flexibility index (Phi) is 8.90. The highest BCUT2D eigenvalue weighted by Crippen LogP contribution is 2.58. The minimum atomic E-state index is -0.595. The Morgan fingerprint density at radius 1 is 0.460 bits per heavy atom. The van der Waals surface area contributed by atoms with Crippen LogP contribution >= 0.6 is 0 Å². The highest BCUT2D eigenvalue weighted by molar-refractivity contribution is 6.07. The van der Waals surface area contributed by atoms with Crippen LogP contribution < -0.4 is 4.90 Å². The Morgan fingerprint density at radius 2 is 1.06 bits per heavy atom. The Balaban J connectivity index is 1.06. The van der Waals surface area contributed by atoms with E-state index >= 15 is 0 Å². The topological polar surface area (TPSA) is 8.17 Å². The van der Waals surface area contributed by atoms with Crippen LogP contribution in [0, 0.1) is 0 Å². The van der Waals surface area contributed by atoms with Gasteiger partial charge in [0.05, 0.1) is 10.9 Å². The van der Waals surface area contributed by atoms with Gasteiger partial charge in [-0.25, -0.2) is 0 Å². The average Bonchev–Trinajstić information content (AvgIpc) is 3.93. The van der Waals surface area contributed by atoms with Gasteiger partial charge in [0.25, 0.3) is 0 Å². The highest BCUT2D eigenvalue weighted by atomic mass is 15.1. The van der Waals surface area contributed by atoms with Gasteiger partial charge < -0.3 is 9.47 Å². The molecule has 10 aromatic rings. The summed E-state index contributed by atoms with van der Waals surface area (Å²) in [6, 6.07) is 80.9. The lowest BCUT2D eigenvalue weighted by Gasteiger charge is -2.35. The molecule has 0 saturated heterocycles. The first kappa shape index (κ1) is 36.9. The van der Waals surface area contributed by atoms with Crippen molar-refractivity contribution < 1.29 is 0 Å². The Hall–Kier alpha value is -7.94. The standard InChI is InChI=1S/C61H44N2/c1-5-15-43(16-6-1)45-25-30-50(31-26-45)63(51-32-27-46(28-33-51)44-17-7-2-8-18-44)53-35-37-56-55-36-34-52(62-40-39-57-54-24-14-13-19-47(54)29-38-60(57)62)41-58(55)61(59(56)42-53,48-20-9-3-10-21-48)49-22-11-4-12-23-49/h1-17,19-42,44H,18H2. The van der Waals surface area contributed by atoms with Crippen LogP contribution in [0.4, 0.5) is 17.1 Å². The van der Waals surface area contributed by atoms with Gasteiger partial charge in [-0.3, -0.25) is 0 Å². The van der Waals surface area contributed by atoms with Crippen molar-refractivity contribution in [3.63, 3.8) is 0 Å². The lowest BCUT2D eigenvalue weighted by molar-refractivity contribution is 0.767. The Bertz CT molecular complexity index is 3300. The second-order valence-electron chi connectivity index (χ2n) is 16.8. The van der Waals surface area contributed by atoms with Gasteiger partial charge >= 0.3 is 0 Å². The molecule has 2 heteroatoms. The molecular formula is C61H44N2. The third-order valence-electron chi connectivity index (χ3n) is 13.4. The molecule has 0 N–H and O–H groups in total. The number of benzene rings is 9. The maximum Gasteiger partial charge on any atom is 0.0715 e. The van der Waals surface area contributed by atoms with Crippen LogP contribution in [0.2, 0.25) is 0 Å². The predicted molar refractivity (Wildman–Crippen MR) is 264 cm³/mol. The van der Waals surface area contributed by atoms with Crippen LogP contribution in [0.1, 0.15) is 40.2 Å². The molecule has 298 valence electrons. The van der Waals surface area contributed by atoms with Crippen molar-refractivity contribution in [2.75, 3.05) is 4.90 Å². The zero-order chi connectivity index (χ0) is 41.7. The second kappa shape index (κ2) is 15.2. The predicted octanol–water partition coefficient (Wildman–Crippen LogP) is 15.9. The van der Waals surface area contributed by atoms with Crippen LogP contribution in [0.15, 0.2) is 249 Å². The smallest absolute Gasteiger partial charge is 0.0715 e. The molecule has 1 unspecified atom stereocenters. The normalized spacial score (nSPS) is 14.8. The van der Waals surface area contributed by atoms with Crippen molar-refractivity contribution in [3.05, 3.63) is 277 Å². The second-order valence-corrected chi connectivity index (χ2v) is 16.8. The van der Waals surface area contributed by atoms with E-state index in [1.807, 2.05) is 0 Å². The quantitative estimate of drug-likeness (QED) is 0.149. The lowest BCUT2D eigenvalue weighted by Crippen LogP contribution is -2.29. The molecule has 63 heavy (non-hydrogen) atoms. The molecule has 2 aliphatic carbocycles. The number of nitrogens with zero attached hydrogens (tertiary/aromatic N) is 2. The molecule has 0 fully saturated rings. The van der Waals surface area contributed by atoms with Crippen molar-refractivity contribution in [1.29, 1.82) is 0 Å². The van der Waals surface area contributed by atoms with Gasteiger partial charge in [0.1, 0.15) is 0 Å². The van der Waals surface area contributed by atoms with Crippen LogP contribution in [-0.2, 0) is 5.41 Å². The maximum absolute atomic E-state index is 2.47. The van der Waals surface area contributed by atoms with E-state index < -0.39 is 5.41 Å². The molecule has 1 heterocycles. The molecule has 2 aliphatic rings. The summed E-state index contributed by atoms with van der Waals surface area (Å²) in [5, 5.41) is 3.79. The van der Waals surface area contributed by atoms with E-state index in [2.05, 4.69) is 258 Å². The van der Waals surface area contributed by atoms with Crippen molar-refractivity contribution in [1.82, 2.24) is 4.57 Å². The van der Waals surface area contributed by atoms with Crippen molar-refractivity contribution in [3.8, 4) is 27.9 Å². The van der Waals surface area contributed by atoms with E-state index in [1.54, 1.807) is 0 Å². The number of allylic oxidation sites excluding steroid dienone is 4. The summed E-state index contributed by atoms with van der Waals surface area (Å²) in [7, 11) is 0. The monoisotopic (exact) mass is 804 g/mol. The molecule has 12 rings (SSSR count). The average molecular weight is 805 g/mol. The summed E-state index contributed by atoms with van der Waals surface area (Å²) in [4.78, 5) is 2.43. The minimum Gasteiger partial charge on any atom is -0.317 e. The van der Waals surface area contributed by atoms with Gasteiger partial charge in [-0.2, -0.15) is 0 Å². The number of hydrogen-bond donors (Lipinski definition) is 0. The molecule has 0 aliphatic heterocycles. The van der Waals surface area contributed by atoms with Gasteiger partial charge in [-0.1, -0.05) is 182 Å². The lowest BCUT2D eigenvalue weighted by atomic mass is 9.67.